The van der Waals surface area contributed by atoms with Gasteiger partial charge in [0.05, 0.1) is 7.11 Å². The van der Waals surface area contributed by atoms with Gasteiger partial charge in [-0.1, -0.05) is 30.3 Å². The fourth-order valence-corrected chi connectivity index (χ4v) is 5.16. The van der Waals surface area contributed by atoms with Crippen LogP contribution in [0.1, 0.15) is 0 Å². The zero-order valence-electron chi connectivity index (χ0n) is 12.7. The van der Waals surface area contributed by atoms with Crippen LogP contribution in [0.2, 0.25) is 0 Å². The van der Waals surface area contributed by atoms with Crippen molar-refractivity contribution in [2.24, 2.45) is 0 Å². The van der Waals surface area contributed by atoms with E-state index in [0.717, 1.165) is 16.4 Å². The topological polar surface area (TPSA) is 46.5 Å². The first kappa shape index (κ1) is 15.4. The Kier molecular flexibility index (Phi) is 4.22. The number of phenolic OH excluding ortho intramolecular Hbond substituents is 1. The molecule has 0 saturated carbocycles. The van der Waals surface area contributed by atoms with E-state index in [2.05, 4.69) is 0 Å². The van der Waals surface area contributed by atoms with Gasteiger partial charge in [-0.25, -0.2) is 0 Å². The molecule has 116 valence electrons. The third-order valence-electron chi connectivity index (χ3n) is 3.77. The number of phenols is 1. The molecule has 0 aliphatic rings. The van der Waals surface area contributed by atoms with E-state index in [0.29, 0.717) is 5.30 Å². The molecule has 1 atom stereocenters. The maximum atomic E-state index is 14.0. The second-order valence-corrected chi connectivity index (χ2v) is 7.93. The Morgan fingerprint density at radius 3 is 1.74 bits per heavy atom. The summed E-state index contributed by atoms with van der Waals surface area (Å²) in [4.78, 5) is 0. The van der Waals surface area contributed by atoms with Crippen molar-refractivity contribution in [2.75, 3.05) is 7.11 Å². The summed E-state index contributed by atoms with van der Waals surface area (Å²) in [6.07, 6.45) is 0. The van der Waals surface area contributed by atoms with E-state index in [-0.39, 0.29) is 5.75 Å². The van der Waals surface area contributed by atoms with Crippen LogP contribution in [0.3, 0.4) is 0 Å². The van der Waals surface area contributed by atoms with Gasteiger partial charge in [-0.2, -0.15) is 0 Å². The van der Waals surface area contributed by atoms with Crippen molar-refractivity contribution >= 4 is 23.1 Å². The van der Waals surface area contributed by atoms with Crippen molar-refractivity contribution < 1.29 is 14.4 Å². The van der Waals surface area contributed by atoms with Gasteiger partial charge in [0.25, 0.3) is 0 Å². The zero-order valence-corrected chi connectivity index (χ0v) is 13.6. The number of methoxy groups -OCH3 is 1. The molecule has 0 amide bonds. The number of benzene rings is 3. The second kappa shape index (κ2) is 6.31. The fraction of sp³-hybridized carbons (Fsp3) is 0.0526. The molecular formula is C19H17O3P. The molecule has 0 heterocycles. The molecule has 0 fully saturated rings. The molecule has 0 aromatic heterocycles. The van der Waals surface area contributed by atoms with Crippen LogP contribution in [-0.4, -0.2) is 12.2 Å². The third-order valence-corrected chi connectivity index (χ3v) is 6.85. The molecule has 1 unspecified atom stereocenters. The summed E-state index contributed by atoms with van der Waals surface area (Å²) >= 11 is 0. The van der Waals surface area contributed by atoms with Crippen LogP contribution < -0.4 is 20.7 Å². The lowest BCUT2D eigenvalue weighted by Crippen LogP contribution is -2.24. The molecule has 23 heavy (non-hydrogen) atoms. The predicted molar refractivity (Wildman–Crippen MR) is 94.1 cm³/mol. The van der Waals surface area contributed by atoms with Gasteiger partial charge in [0.15, 0.2) is 7.14 Å². The molecule has 0 bridgehead atoms. The fourth-order valence-electron chi connectivity index (χ4n) is 2.54. The lowest BCUT2D eigenvalue weighted by molar-refractivity contribution is 0.415. The first-order valence-corrected chi connectivity index (χ1v) is 8.95. The lowest BCUT2D eigenvalue weighted by Gasteiger charge is -2.20. The molecule has 3 rings (SSSR count). The van der Waals surface area contributed by atoms with Crippen molar-refractivity contribution in [1.29, 1.82) is 0 Å². The van der Waals surface area contributed by atoms with Gasteiger partial charge in [0.1, 0.15) is 11.5 Å². The highest BCUT2D eigenvalue weighted by molar-refractivity contribution is 7.85. The van der Waals surface area contributed by atoms with Crippen LogP contribution in [0, 0.1) is 0 Å². The first-order valence-electron chi connectivity index (χ1n) is 7.24. The average Bonchev–Trinajstić information content (AvgIpc) is 2.62. The van der Waals surface area contributed by atoms with Gasteiger partial charge in [0, 0.05) is 15.9 Å². The molecule has 0 spiro atoms. The molecule has 0 aliphatic heterocycles. The molecule has 0 saturated heterocycles. The van der Waals surface area contributed by atoms with Crippen molar-refractivity contribution in [3.8, 4) is 11.5 Å². The monoisotopic (exact) mass is 324 g/mol. The molecule has 3 aromatic rings. The van der Waals surface area contributed by atoms with Gasteiger partial charge in [0.2, 0.25) is 0 Å². The maximum absolute atomic E-state index is 14.0. The minimum Gasteiger partial charge on any atom is -0.508 e. The average molecular weight is 324 g/mol. The standard InChI is InChI=1S/C19H17O3P/c1-22-16-9-13-19(14-10-16)23(21,17-5-3-2-4-6-17)18-11-7-15(20)8-12-18/h2-14,20H,1H3. The molecule has 3 nitrogen and oxygen atoms in total. The van der Waals surface area contributed by atoms with Crippen LogP contribution in [0.4, 0.5) is 0 Å². The number of aromatic hydroxyl groups is 1. The lowest BCUT2D eigenvalue weighted by atomic mass is 10.3. The SMILES string of the molecule is COc1ccc(P(=O)(c2ccccc2)c2ccc(O)cc2)cc1. The molecule has 0 radical (unpaired) electrons. The van der Waals surface area contributed by atoms with E-state index in [1.54, 1.807) is 31.4 Å². The number of hydrogen-bond acceptors (Lipinski definition) is 3. The zero-order chi connectivity index (χ0) is 16.3. The summed E-state index contributed by atoms with van der Waals surface area (Å²) < 4.78 is 19.2. The smallest absolute Gasteiger partial charge is 0.171 e. The Balaban J connectivity index is 2.21. The van der Waals surface area contributed by atoms with E-state index in [4.69, 9.17) is 4.74 Å². The molecule has 1 N–H and O–H groups in total. The number of rotatable bonds is 4. The third kappa shape index (κ3) is 2.88. The Labute approximate surface area is 135 Å². The molecule has 3 aromatic carbocycles. The van der Waals surface area contributed by atoms with Crippen molar-refractivity contribution in [3.05, 3.63) is 78.9 Å². The van der Waals surface area contributed by atoms with Crippen LogP contribution in [0.15, 0.2) is 78.9 Å². The predicted octanol–water partition coefficient (Wildman–Crippen LogP) is 3.04. The van der Waals surface area contributed by atoms with Gasteiger partial charge >= 0.3 is 0 Å². The molecular weight excluding hydrogens is 307 g/mol. The molecule has 4 heteroatoms. The Morgan fingerprint density at radius 2 is 1.22 bits per heavy atom. The highest BCUT2D eigenvalue weighted by Crippen LogP contribution is 2.42. The highest BCUT2D eigenvalue weighted by atomic mass is 31.2. The Morgan fingerprint density at radius 1 is 0.739 bits per heavy atom. The van der Waals surface area contributed by atoms with Crippen LogP contribution in [0.5, 0.6) is 11.5 Å². The van der Waals surface area contributed by atoms with Crippen LogP contribution in [0.25, 0.3) is 0 Å². The highest BCUT2D eigenvalue weighted by Gasteiger charge is 2.29. The van der Waals surface area contributed by atoms with Gasteiger partial charge in [-0.3, -0.25) is 0 Å². The van der Waals surface area contributed by atoms with Crippen LogP contribution >= 0.6 is 7.14 Å². The summed E-state index contributed by atoms with van der Waals surface area (Å²) in [5.74, 6) is 0.877. The summed E-state index contributed by atoms with van der Waals surface area (Å²) in [6, 6.07) is 23.3. The van der Waals surface area contributed by atoms with E-state index >= 15 is 0 Å². The normalized spacial score (nSPS) is 13.3. The Bertz CT molecular complexity index is 825. The minimum atomic E-state index is -2.99. The van der Waals surface area contributed by atoms with Crippen molar-refractivity contribution in [2.45, 2.75) is 0 Å². The molecule has 0 aliphatic carbocycles. The number of hydrogen-bond donors (Lipinski definition) is 1. The Hall–Kier alpha value is -2.51. The maximum Gasteiger partial charge on any atom is 0.171 e. The quantitative estimate of drug-likeness (QED) is 0.750. The van der Waals surface area contributed by atoms with Gasteiger partial charge in [-0.15, -0.1) is 0 Å². The summed E-state index contributed by atoms with van der Waals surface area (Å²) in [5.41, 5.74) is 0. The van der Waals surface area contributed by atoms with Crippen LogP contribution in [-0.2, 0) is 4.57 Å². The second-order valence-electron chi connectivity index (χ2n) is 5.16. The summed E-state index contributed by atoms with van der Waals surface area (Å²) in [5, 5.41) is 11.7. The van der Waals surface area contributed by atoms with Gasteiger partial charge in [-0.05, 0) is 48.5 Å². The largest absolute Gasteiger partial charge is 0.508 e. The summed E-state index contributed by atoms with van der Waals surface area (Å²) in [7, 11) is -1.39. The van der Waals surface area contributed by atoms with Crippen molar-refractivity contribution in [3.63, 3.8) is 0 Å². The minimum absolute atomic E-state index is 0.156. The van der Waals surface area contributed by atoms with E-state index in [1.165, 1.54) is 0 Å². The van der Waals surface area contributed by atoms with Crippen molar-refractivity contribution in [1.82, 2.24) is 0 Å². The van der Waals surface area contributed by atoms with E-state index < -0.39 is 7.14 Å². The van der Waals surface area contributed by atoms with E-state index in [9.17, 15) is 9.67 Å². The number of ether oxygens (including phenoxy) is 1. The van der Waals surface area contributed by atoms with E-state index in [1.807, 2.05) is 54.6 Å². The summed E-state index contributed by atoms with van der Waals surface area (Å²) in [6.45, 7) is 0. The van der Waals surface area contributed by atoms with Gasteiger partial charge < -0.3 is 14.4 Å². The first-order chi connectivity index (χ1) is 11.1.